The molecule has 5 nitrogen and oxygen atoms in total. The van der Waals surface area contributed by atoms with Crippen LogP contribution in [0.25, 0.3) is 0 Å². The number of aliphatic carboxylic acids is 1. The van der Waals surface area contributed by atoms with Gasteiger partial charge in [0.15, 0.2) is 6.21 Å². The standard InChI is InChI=1S/C7H11NO4/c9-6(10)5-8-12-7-3-1-2-4-11-7/h5,7H,1-4H2,(H,9,10)/b8-5-. The fourth-order valence-electron chi connectivity index (χ4n) is 0.938. The van der Waals surface area contributed by atoms with Gasteiger partial charge in [-0.05, 0) is 12.8 Å². The molecule has 1 unspecified atom stereocenters. The topological polar surface area (TPSA) is 68.1 Å². The minimum Gasteiger partial charge on any atom is -0.477 e. The lowest BCUT2D eigenvalue weighted by Gasteiger charge is -2.19. The highest BCUT2D eigenvalue weighted by molar-refractivity contribution is 6.21. The Balaban J connectivity index is 2.17. The lowest BCUT2D eigenvalue weighted by molar-refractivity contribution is -0.162. The van der Waals surface area contributed by atoms with Crippen LogP contribution in [-0.4, -0.2) is 30.2 Å². The Morgan fingerprint density at radius 2 is 2.50 bits per heavy atom. The molecular formula is C7H11NO4. The van der Waals surface area contributed by atoms with E-state index in [9.17, 15) is 4.79 Å². The van der Waals surface area contributed by atoms with Crippen LogP contribution in [0, 0.1) is 0 Å². The summed E-state index contributed by atoms with van der Waals surface area (Å²) in [5, 5.41) is 11.4. The molecule has 68 valence electrons. The van der Waals surface area contributed by atoms with E-state index in [1.165, 1.54) is 0 Å². The number of ether oxygens (including phenoxy) is 1. The van der Waals surface area contributed by atoms with Crippen LogP contribution in [0.1, 0.15) is 19.3 Å². The van der Waals surface area contributed by atoms with Crippen LogP contribution in [0.4, 0.5) is 0 Å². The third-order valence-corrected chi connectivity index (χ3v) is 1.48. The summed E-state index contributed by atoms with van der Waals surface area (Å²) in [6, 6.07) is 0. The number of carbonyl (C=O) groups is 1. The lowest BCUT2D eigenvalue weighted by Crippen LogP contribution is -2.20. The monoisotopic (exact) mass is 173 g/mol. The number of nitrogens with zero attached hydrogens (tertiary/aromatic N) is 1. The van der Waals surface area contributed by atoms with Crippen LogP contribution in [0.5, 0.6) is 0 Å². The Labute approximate surface area is 70.0 Å². The van der Waals surface area contributed by atoms with Crippen LogP contribution < -0.4 is 0 Å². The van der Waals surface area contributed by atoms with Crippen LogP contribution in [-0.2, 0) is 14.4 Å². The second-order valence-electron chi connectivity index (χ2n) is 2.47. The number of carboxylic acid groups (broad SMARTS) is 1. The Morgan fingerprint density at radius 3 is 3.08 bits per heavy atom. The SMILES string of the molecule is O=C(O)/C=N\OC1CCCCO1. The molecule has 0 aromatic carbocycles. The normalized spacial score (nSPS) is 24.2. The van der Waals surface area contributed by atoms with Crippen molar-refractivity contribution in [1.82, 2.24) is 0 Å². The van der Waals surface area contributed by atoms with Crippen molar-refractivity contribution in [2.75, 3.05) is 6.61 Å². The third kappa shape index (κ3) is 3.34. The number of hydrogen-bond donors (Lipinski definition) is 1. The molecule has 0 radical (unpaired) electrons. The van der Waals surface area contributed by atoms with E-state index in [1.54, 1.807) is 0 Å². The van der Waals surface area contributed by atoms with Crippen LogP contribution in [0.15, 0.2) is 5.16 Å². The summed E-state index contributed by atoms with van der Waals surface area (Å²) in [4.78, 5) is 14.7. The van der Waals surface area contributed by atoms with Gasteiger partial charge in [-0.3, -0.25) is 0 Å². The summed E-state index contributed by atoms with van der Waals surface area (Å²) in [7, 11) is 0. The fourth-order valence-corrected chi connectivity index (χ4v) is 0.938. The quantitative estimate of drug-likeness (QED) is 0.501. The smallest absolute Gasteiger partial charge is 0.350 e. The molecule has 1 rings (SSSR count). The maximum absolute atomic E-state index is 9.97. The van der Waals surface area contributed by atoms with E-state index in [0.29, 0.717) is 12.8 Å². The summed E-state index contributed by atoms with van der Waals surface area (Å²) < 4.78 is 5.13. The number of hydrogen-bond acceptors (Lipinski definition) is 4. The van der Waals surface area contributed by atoms with Crippen molar-refractivity contribution in [1.29, 1.82) is 0 Å². The summed E-state index contributed by atoms with van der Waals surface area (Å²) in [5.41, 5.74) is 0. The second kappa shape index (κ2) is 4.71. The first-order valence-electron chi connectivity index (χ1n) is 3.83. The van der Waals surface area contributed by atoms with Gasteiger partial charge in [0.2, 0.25) is 6.29 Å². The van der Waals surface area contributed by atoms with Crippen LogP contribution in [0.2, 0.25) is 0 Å². The zero-order chi connectivity index (χ0) is 8.81. The van der Waals surface area contributed by atoms with Crippen molar-refractivity contribution in [2.24, 2.45) is 5.16 Å². The van der Waals surface area contributed by atoms with Crippen molar-refractivity contribution >= 4 is 12.2 Å². The molecule has 12 heavy (non-hydrogen) atoms. The van der Waals surface area contributed by atoms with Crippen molar-refractivity contribution in [3.63, 3.8) is 0 Å². The van der Waals surface area contributed by atoms with Gasteiger partial charge in [0.05, 0.1) is 6.61 Å². The van der Waals surface area contributed by atoms with E-state index >= 15 is 0 Å². The third-order valence-electron chi connectivity index (χ3n) is 1.48. The maximum atomic E-state index is 9.97. The van der Waals surface area contributed by atoms with Crippen molar-refractivity contribution in [3.8, 4) is 0 Å². The highest BCUT2D eigenvalue weighted by atomic mass is 16.8. The van der Waals surface area contributed by atoms with Gasteiger partial charge in [0, 0.05) is 6.42 Å². The van der Waals surface area contributed by atoms with E-state index in [4.69, 9.17) is 14.7 Å². The van der Waals surface area contributed by atoms with Gasteiger partial charge in [-0.2, -0.15) is 0 Å². The molecule has 1 fully saturated rings. The molecular weight excluding hydrogens is 162 g/mol. The molecule has 1 aliphatic heterocycles. The van der Waals surface area contributed by atoms with Gasteiger partial charge < -0.3 is 14.7 Å². The molecule has 1 N–H and O–H groups in total. The first kappa shape index (κ1) is 8.99. The lowest BCUT2D eigenvalue weighted by atomic mass is 10.2. The van der Waals surface area contributed by atoms with E-state index in [1.807, 2.05) is 0 Å². The Bertz CT molecular complexity index is 174. The molecule has 1 atom stereocenters. The molecule has 1 aliphatic rings. The Kier molecular flexibility index (Phi) is 3.53. The van der Waals surface area contributed by atoms with Gasteiger partial charge in [-0.25, -0.2) is 4.79 Å². The molecule has 0 aliphatic carbocycles. The van der Waals surface area contributed by atoms with E-state index < -0.39 is 5.97 Å². The predicted octanol–water partition coefficient (Wildman–Crippen LogP) is 0.600. The Morgan fingerprint density at radius 1 is 1.67 bits per heavy atom. The molecule has 0 amide bonds. The maximum Gasteiger partial charge on any atom is 0.350 e. The zero-order valence-electron chi connectivity index (χ0n) is 6.60. The largest absolute Gasteiger partial charge is 0.477 e. The molecule has 0 aromatic heterocycles. The van der Waals surface area contributed by atoms with Gasteiger partial charge in [0.25, 0.3) is 0 Å². The molecule has 1 heterocycles. The van der Waals surface area contributed by atoms with Gasteiger partial charge in [-0.15, -0.1) is 0 Å². The number of oxime groups is 1. The molecule has 0 spiro atoms. The average Bonchev–Trinajstić information content (AvgIpc) is 2.05. The van der Waals surface area contributed by atoms with E-state index in [-0.39, 0.29) is 6.29 Å². The van der Waals surface area contributed by atoms with Crippen molar-refractivity contribution in [2.45, 2.75) is 25.6 Å². The Hall–Kier alpha value is -1.10. The number of carboxylic acids is 1. The highest BCUT2D eigenvalue weighted by Crippen LogP contribution is 2.13. The first-order chi connectivity index (χ1) is 5.79. The van der Waals surface area contributed by atoms with Gasteiger partial charge >= 0.3 is 5.97 Å². The molecule has 0 bridgehead atoms. The summed E-state index contributed by atoms with van der Waals surface area (Å²) in [6.45, 7) is 0.660. The van der Waals surface area contributed by atoms with Crippen LogP contribution in [0.3, 0.4) is 0 Å². The average molecular weight is 173 g/mol. The van der Waals surface area contributed by atoms with Crippen molar-refractivity contribution in [3.05, 3.63) is 0 Å². The minimum atomic E-state index is -1.12. The summed E-state index contributed by atoms with van der Waals surface area (Å²) in [5.74, 6) is -1.12. The second-order valence-corrected chi connectivity index (χ2v) is 2.47. The van der Waals surface area contributed by atoms with Gasteiger partial charge in [-0.1, -0.05) is 5.16 Å². The number of rotatable bonds is 3. The minimum absolute atomic E-state index is 0.366. The van der Waals surface area contributed by atoms with Crippen LogP contribution >= 0.6 is 0 Å². The molecule has 0 saturated carbocycles. The molecule has 1 saturated heterocycles. The van der Waals surface area contributed by atoms with E-state index in [0.717, 1.165) is 19.3 Å². The van der Waals surface area contributed by atoms with Gasteiger partial charge in [0.1, 0.15) is 0 Å². The summed E-state index contributed by atoms with van der Waals surface area (Å²) in [6.07, 6.45) is 3.18. The molecule has 0 aromatic rings. The first-order valence-corrected chi connectivity index (χ1v) is 3.83. The fraction of sp³-hybridized carbons (Fsp3) is 0.714. The van der Waals surface area contributed by atoms with E-state index in [2.05, 4.69) is 5.16 Å². The van der Waals surface area contributed by atoms with Crippen molar-refractivity contribution < 1.29 is 19.5 Å². The molecule has 5 heteroatoms. The summed E-state index contributed by atoms with van der Waals surface area (Å²) >= 11 is 0. The zero-order valence-corrected chi connectivity index (χ0v) is 6.60. The predicted molar refractivity (Wildman–Crippen MR) is 40.8 cm³/mol. The highest BCUT2D eigenvalue weighted by Gasteiger charge is 2.13.